The Balaban J connectivity index is 2.02. The predicted molar refractivity (Wildman–Crippen MR) is 112 cm³/mol. The number of hydrogen-bond acceptors (Lipinski definition) is 4. The van der Waals surface area contributed by atoms with Gasteiger partial charge in [0.1, 0.15) is 11.8 Å². The molecule has 0 saturated carbocycles. The lowest BCUT2D eigenvalue weighted by atomic mass is 9.81. The molecule has 1 heterocycles. The van der Waals surface area contributed by atoms with E-state index in [1.54, 1.807) is 36.3 Å². The second kappa shape index (κ2) is 7.79. The molecule has 0 radical (unpaired) electrons. The molecule has 0 aliphatic carbocycles. The van der Waals surface area contributed by atoms with Gasteiger partial charge < -0.3 is 9.47 Å². The topological polar surface area (TPSA) is 55.8 Å². The van der Waals surface area contributed by atoms with E-state index in [2.05, 4.69) is 31.8 Å². The van der Waals surface area contributed by atoms with Crippen molar-refractivity contribution in [3.63, 3.8) is 0 Å². The maximum Gasteiger partial charge on any atom is 0.329 e. The monoisotopic (exact) mass is 397 g/mol. The molecule has 28 heavy (non-hydrogen) atoms. The Morgan fingerprint density at radius 2 is 1.61 bits per heavy atom. The molecule has 5 nitrogen and oxygen atoms in total. The molecular formula is C22H27NO4Si. The van der Waals surface area contributed by atoms with Gasteiger partial charge in [-0.3, -0.25) is 9.69 Å². The number of nitrogens with zero attached hydrogens (tertiary/aromatic N) is 1. The van der Waals surface area contributed by atoms with E-state index >= 15 is 0 Å². The van der Waals surface area contributed by atoms with Crippen molar-refractivity contribution in [3.05, 3.63) is 60.2 Å². The van der Waals surface area contributed by atoms with Gasteiger partial charge in [-0.1, -0.05) is 50.0 Å². The van der Waals surface area contributed by atoms with Crippen LogP contribution in [0.3, 0.4) is 0 Å². The van der Waals surface area contributed by atoms with Gasteiger partial charge in [0.15, 0.2) is 0 Å². The molecule has 6 heteroatoms. The Bertz CT molecular complexity index is 845. The number of hydrogen-bond donors (Lipinski definition) is 0. The Morgan fingerprint density at radius 1 is 1.00 bits per heavy atom. The fourth-order valence-corrected chi connectivity index (χ4v) is 6.74. The van der Waals surface area contributed by atoms with Crippen LogP contribution in [0.4, 0.5) is 5.69 Å². The van der Waals surface area contributed by atoms with Gasteiger partial charge in [0, 0.05) is 5.69 Å². The zero-order valence-corrected chi connectivity index (χ0v) is 18.0. The number of benzene rings is 2. The molecule has 1 saturated heterocycles. The molecule has 148 valence electrons. The van der Waals surface area contributed by atoms with Gasteiger partial charge in [-0.2, -0.15) is 0 Å². The number of methoxy groups -OCH3 is 2. The summed E-state index contributed by atoms with van der Waals surface area (Å²) in [5.74, 6) is -0.118. The summed E-state index contributed by atoms with van der Waals surface area (Å²) in [5, 5.41) is 0. The third kappa shape index (κ3) is 3.56. The smallest absolute Gasteiger partial charge is 0.329 e. The second-order valence-corrected chi connectivity index (χ2v) is 13.5. The normalized spacial score (nSPS) is 20.3. The van der Waals surface area contributed by atoms with Crippen molar-refractivity contribution < 1.29 is 19.1 Å². The van der Waals surface area contributed by atoms with Crippen LogP contribution in [0.1, 0.15) is 11.1 Å². The predicted octanol–water partition coefficient (Wildman–Crippen LogP) is 3.86. The fraction of sp³-hybridized carbons (Fsp3) is 0.364. The fourth-order valence-electron chi connectivity index (χ4n) is 4.15. The second-order valence-electron chi connectivity index (χ2n) is 8.15. The van der Waals surface area contributed by atoms with Gasteiger partial charge in [-0.05, 0) is 35.4 Å². The highest BCUT2D eigenvalue weighted by Gasteiger charge is 2.58. The highest BCUT2D eigenvalue weighted by molar-refractivity contribution is 6.78. The molecule has 3 atom stereocenters. The van der Waals surface area contributed by atoms with Crippen molar-refractivity contribution in [2.24, 2.45) is 5.92 Å². The van der Waals surface area contributed by atoms with Crippen molar-refractivity contribution >= 4 is 25.6 Å². The van der Waals surface area contributed by atoms with E-state index in [-0.39, 0.29) is 17.4 Å². The third-order valence-corrected chi connectivity index (χ3v) is 7.94. The molecule has 0 unspecified atom stereocenters. The van der Waals surface area contributed by atoms with Crippen molar-refractivity contribution in [3.8, 4) is 5.75 Å². The number of carbonyl (C=O) groups excluding carboxylic acids is 2. The van der Waals surface area contributed by atoms with E-state index in [1.165, 1.54) is 7.11 Å². The summed E-state index contributed by atoms with van der Waals surface area (Å²) in [4.78, 5) is 27.6. The van der Waals surface area contributed by atoms with Crippen LogP contribution in [0.2, 0.25) is 19.6 Å². The molecule has 1 aliphatic rings. The van der Waals surface area contributed by atoms with Crippen LogP contribution in [0.5, 0.6) is 5.75 Å². The Hall–Kier alpha value is -2.60. The van der Waals surface area contributed by atoms with Crippen LogP contribution in [-0.2, 0) is 14.3 Å². The third-order valence-electron chi connectivity index (χ3n) is 5.39. The molecule has 1 aliphatic heterocycles. The number of ether oxygens (including phenoxy) is 2. The van der Waals surface area contributed by atoms with Crippen LogP contribution < -0.4 is 9.64 Å². The number of β-lactam (4-membered cyclic amide) rings is 1. The van der Waals surface area contributed by atoms with Crippen LogP contribution >= 0.6 is 0 Å². The molecule has 0 aromatic heterocycles. The molecule has 2 aromatic rings. The van der Waals surface area contributed by atoms with E-state index in [1.807, 2.05) is 18.2 Å². The molecule has 1 amide bonds. The number of anilines is 1. The van der Waals surface area contributed by atoms with Gasteiger partial charge in [0.05, 0.1) is 28.2 Å². The summed E-state index contributed by atoms with van der Waals surface area (Å²) in [5.41, 5.74) is 1.82. The minimum atomic E-state index is -1.82. The van der Waals surface area contributed by atoms with Gasteiger partial charge in [0.25, 0.3) is 0 Å². The first-order chi connectivity index (χ1) is 13.3. The average Bonchev–Trinajstić information content (AvgIpc) is 2.69. The van der Waals surface area contributed by atoms with E-state index in [0.717, 1.165) is 5.56 Å². The van der Waals surface area contributed by atoms with Gasteiger partial charge in [-0.15, -0.1) is 0 Å². The first-order valence-corrected chi connectivity index (χ1v) is 13.0. The summed E-state index contributed by atoms with van der Waals surface area (Å²) in [6.07, 6.45) is 0. The van der Waals surface area contributed by atoms with Crippen LogP contribution in [0.15, 0.2) is 54.6 Å². The lowest BCUT2D eigenvalue weighted by Crippen LogP contribution is -2.68. The number of esters is 1. The lowest BCUT2D eigenvalue weighted by Gasteiger charge is -2.51. The highest BCUT2D eigenvalue weighted by Crippen LogP contribution is 2.46. The molecule has 2 aromatic carbocycles. The van der Waals surface area contributed by atoms with Gasteiger partial charge in [0.2, 0.25) is 5.91 Å². The zero-order chi connectivity index (χ0) is 20.5. The molecular weight excluding hydrogens is 370 g/mol. The van der Waals surface area contributed by atoms with E-state index in [9.17, 15) is 9.59 Å². The molecule has 1 fully saturated rings. The number of rotatable bonds is 6. The largest absolute Gasteiger partial charge is 0.497 e. The Labute approximate surface area is 167 Å². The van der Waals surface area contributed by atoms with Crippen molar-refractivity contribution in [2.75, 3.05) is 19.1 Å². The van der Waals surface area contributed by atoms with Crippen LogP contribution in [-0.4, -0.2) is 40.2 Å². The maximum atomic E-state index is 13.3. The minimum Gasteiger partial charge on any atom is -0.497 e. The first-order valence-electron chi connectivity index (χ1n) is 9.39. The first kappa shape index (κ1) is 20.1. The van der Waals surface area contributed by atoms with Crippen molar-refractivity contribution in [1.82, 2.24) is 0 Å². The number of amides is 1. The zero-order valence-electron chi connectivity index (χ0n) is 17.0. The molecule has 3 rings (SSSR count). The van der Waals surface area contributed by atoms with E-state index in [4.69, 9.17) is 9.47 Å². The highest BCUT2D eigenvalue weighted by atomic mass is 28.3. The average molecular weight is 398 g/mol. The van der Waals surface area contributed by atoms with Crippen LogP contribution in [0.25, 0.3) is 0 Å². The van der Waals surface area contributed by atoms with Gasteiger partial charge in [-0.25, -0.2) is 4.79 Å². The number of carbonyl (C=O) groups is 2. The summed E-state index contributed by atoms with van der Waals surface area (Å²) < 4.78 is 10.3. The van der Waals surface area contributed by atoms with E-state index in [0.29, 0.717) is 11.4 Å². The molecule has 0 spiro atoms. The quantitative estimate of drug-likeness (QED) is 0.422. The summed E-state index contributed by atoms with van der Waals surface area (Å²) in [7, 11) is 1.15. The van der Waals surface area contributed by atoms with E-state index < -0.39 is 20.0 Å². The lowest BCUT2D eigenvalue weighted by molar-refractivity contribution is -0.152. The maximum absolute atomic E-state index is 13.3. The van der Waals surface area contributed by atoms with Crippen molar-refractivity contribution in [1.29, 1.82) is 0 Å². The minimum absolute atomic E-state index is 0.0276. The summed E-state index contributed by atoms with van der Waals surface area (Å²) >= 11 is 0. The Kier molecular flexibility index (Phi) is 5.61. The van der Waals surface area contributed by atoms with Crippen molar-refractivity contribution in [2.45, 2.75) is 31.2 Å². The SMILES string of the molecule is COC(=O)[C@H]1[C@H]([C@@H](c2ccccc2)[Si](C)(C)C)C(=O)N1c1ccc(OC)cc1. The molecule has 0 N–H and O–H groups in total. The molecule has 0 bridgehead atoms. The van der Waals surface area contributed by atoms with Gasteiger partial charge >= 0.3 is 5.97 Å². The Morgan fingerprint density at radius 3 is 2.11 bits per heavy atom. The summed E-state index contributed by atoms with van der Waals surface area (Å²) in [6.45, 7) is 6.72. The van der Waals surface area contributed by atoms with Crippen LogP contribution in [0, 0.1) is 5.92 Å². The standard InChI is InChI=1S/C22H27NO4Si/c1-26-17-13-11-16(12-14-17)23-19(22(25)27-2)18(21(23)24)20(28(3,4)5)15-9-7-6-8-10-15/h6-14,18-20H,1-5H3/t18-,19-,20-/m1/s1. The summed E-state index contributed by atoms with van der Waals surface area (Å²) in [6, 6.07) is 16.6.